The van der Waals surface area contributed by atoms with Crippen LogP contribution in [0.2, 0.25) is 5.15 Å². The Balaban J connectivity index is 1.87. The van der Waals surface area contributed by atoms with Crippen LogP contribution in [0, 0.1) is 0 Å². The molecule has 1 aliphatic carbocycles. The molecule has 3 rings (SSSR count). The van der Waals surface area contributed by atoms with Crippen molar-refractivity contribution in [1.82, 2.24) is 19.9 Å². The highest BCUT2D eigenvalue weighted by Gasteiger charge is 2.33. The number of hydrogen-bond donors (Lipinski definition) is 1. The number of rotatable bonds is 5. The van der Waals surface area contributed by atoms with Crippen LogP contribution in [0.1, 0.15) is 50.9 Å². The summed E-state index contributed by atoms with van der Waals surface area (Å²) < 4.78 is 12.4. The standard InChI is InChI=1S/C19H26ClN5O4/c1-6-28-13-8-7-12(13)22-17(26)11-10-21-25-15(9-14(20)23-16(11)25)24(5)18(27)29-19(2,3)4/h9-10,12-13H,6-8H2,1-5H3,(H,22,26)/t12?,13-/m1/s1. The van der Waals surface area contributed by atoms with Gasteiger partial charge in [-0.3, -0.25) is 9.69 Å². The molecule has 2 atom stereocenters. The molecule has 2 amide bonds. The van der Waals surface area contributed by atoms with E-state index in [-0.39, 0.29) is 34.4 Å². The molecule has 0 saturated heterocycles. The number of halogens is 1. The van der Waals surface area contributed by atoms with Gasteiger partial charge in [0.05, 0.1) is 18.3 Å². The van der Waals surface area contributed by atoms with Gasteiger partial charge >= 0.3 is 6.09 Å². The molecule has 2 aromatic rings. The number of aromatic nitrogens is 3. The Bertz CT molecular complexity index is 923. The second-order valence-electron chi connectivity index (χ2n) is 7.92. The first-order valence-electron chi connectivity index (χ1n) is 9.54. The molecule has 0 radical (unpaired) electrons. The third-order valence-corrected chi connectivity index (χ3v) is 4.78. The van der Waals surface area contributed by atoms with E-state index in [1.54, 1.807) is 27.8 Å². The van der Waals surface area contributed by atoms with Crippen molar-refractivity contribution >= 4 is 35.1 Å². The summed E-state index contributed by atoms with van der Waals surface area (Å²) in [4.78, 5) is 30.7. The van der Waals surface area contributed by atoms with E-state index in [1.165, 1.54) is 21.7 Å². The third kappa shape index (κ3) is 4.62. The molecule has 1 fully saturated rings. The minimum Gasteiger partial charge on any atom is -0.443 e. The van der Waals surface area contributed by atoms with Crippen molar-refractivity contribution in [2.45, 2.75) is 58.3 Å². The van der Waals surface area contributed by atoms with Gasteiger partial charge in [-0.1, -0.05) is 11.6 Å². The van der Waals surface area contributed by atoms with Crippen LogP contribution in [-0.2, 0) is 9.47 Å². The summed E-state index contributed by atoms with van der Waals surface area (Å²) in [6.07, 6.45) is 2.64. The average Bonchev–Trinajstić information content (AvgIpc) is 3.04. The minimum absolute atomic E-state index is 0.0243. The highest BCUT2D eigenvalue weighted by molar-refractivity contribution is 6.30. The van der Waals surface area contributed by atoms with Crippen LogP contribution in [0.3, 0.4) is 0 Å². The lowest BCUT2D eigenvalue weighted by molar-refractivity contribution is -0.0180. The largest absolute Gasteiger partial charge is 0.443 e. The highest BCUT2D eigenvalue weighted by Crippen LogP contribution is 2.26. The van der Waals surface area contributed by atoms with Crippen LogP contribution < -0.4 is 10.2 Å². The number of nitrogens with one attached hydrogen (secondary N) is 1. The van der Waals surface area contributed by atoms with Gasteiger partial charge in [-0.25, -0.2) is 9.78 Å². The summed E-state index contributed by atoms with van der Waals surface area (Å²) in [6.45, 7) is 7.86. The van der Waals surface area contributed by atoms with Crippen molar-refractivity contribution < 1.29 is 19.1 Å². The molecule has 158 valence electrons. The van der Waals surface area contributed by atoms with E-state index in [0.717, 1.165) is 12.8 Å². The third-order valence-electron chi connectivity index (χ3n) is 4.59. The Morgan fingerprint density at radius 2 is 2.10 bits per heavy atom. The molecule has 29 heavy (non-hydrogen) atoms. The first-order chi connectivity index (χ1) is 13.6. The van der Waals surface area contributed by atoms with Crippen molar-refractivity contribution in [3.05, 3.63) is 23.0 Å². The Kier molecular flexibility index (Phi) is 6.00. The maximum Gasteiger partial charge on any atom is 0.415 e. The second-order valence-corrected chi connectivity index (χ2v) is 8.31. The molecule has 10 heteroatoms. The van der Waals surface area contributed by atoms with Gasteiger partial charge in [0, 0.05) is 19.7 Å². The van der Waals surface area contributed by atoms with E-state index in [0.29, 0.717) is 12.4 Å². The number of carbonyl (C=O) groups is 2. The van der Waals surface area contributed by atoms with Gasteiger partial charge < -0.3 is 14.8 Å². The fourth-order valence-electron chi connectivity index (χ4n) is 3.04. The van der Waals surface area contributed by atoms with E-state index in [2.05, 4.69) is 15.4 Å². The van der Waals surface area contributed by atoms with Gasteiger partial charge in [0.2, 0.25) is 0 Å². The molecular weight excluding hydrogens is 398 g/mol. The number of hydrogen-bond acceptors (Lipinski definition) is 6. The van der Waals surface area contributed by atoms with E-state index >= 15 is 0 Å². The summed E-state index contributed by atoms with van der Waals surface area (Å²) in [7, 11) is 1.54. The van der Waals surface area contributed by atoms with E-state index in [9.17, 15) is 9.59 Å². The zero-order chi connectivity index (χ0) is 21.3. The monoisotopic (exact) mass is 423 g/mol. The molecule has 1 aliphatic rings. The van der Waals surface area contributed by atoms with Crippen molar-refractivity contribution in [2.75, 3.05) is 18.6 Å². The predicted molar refractivity (Wildman–Crippen MR) is 109 cm³/mol. The molecule has 0 bridgehead atoms. The fraction of sp³-hybridized carbons (Fsp3) is 0.579. The number of fused-ring (bicyclic) bond motifs is 1. The molecule has 1 unspecified atom stereocenters. The van der Waals surface area contributed by atoms with Gasteiger partial charge in [-0.15, -0.1) is 0 Å². The quantitative estimate of drug-likeness (QED) is 0.742. The van der Waals surface area contributed by atoms with Crippen LogP contribution in [0.5, 0.6) is 0 Å². The van der Waals surface area contributed by atoms with Crippen LogP contribution in [0.4, 0.5) is 10.6 Å². The summed E-state index contributed by atoms with van der Waals surface area (Å²) in [6, 6.07) is 1.45. The zero-order valence-electron chi connectivity index (χ0n) is 17.2. The summed E-state index contributed by atoms with van der Waals surface area (Å²) in [5.74, 6) is 0.0270. The van der Waals surface area contributed by atoms with Crippen molar-refractivity contribution in [3.8, 4) is 0 Å². The molecule has 1 saturated carbocycles. The molecule has 2 heterocycles. The van der Waals surface area contributed by atoms with Gasteiger partial charge in [0.1, 0.15) is 22.1 Å². The molecule has 2 aromatic heterocycles. The molecule has 0 spiro atoms. The van der Waals surface area contributed by atoms with Crippen LogP contribution in [-0.4, -0.2) is 58.0 Å². The van der Waals surface area contributed by atoms with E-state index in [1.807, 2.05) is 6.92 Å². The Hall–Kier alpha value is -2.39. The summed E-state index contributed by atoms with van der Waals surface area (Å²) >= 11 is 6.17. The maximum absolute atomic E-state index is 12.8. The van der Waals surface area contributed by atoms with E-state index < -0.39 is 11.7 Å². The number of carbonyl (C=O) groups excluding carboxylic acids is 2. The van der Waals surface area contributed by atoms with Crippen LogP contribution >= 0.6 is 11.6 Å². The van der Waals surface area contributed by atoms with Gasteiger partial charge in [-0.05, 0) is 40.5 Å². The number of amides is 2. The van der Waals surface area contributed by atoms with E-state index in [4.69, 9.17) is 21.1 Å². The fourth-order valence-corrected chi connectivity index (χ4v) is 3.21. The lowest BCUT2D eigenvalue weighted by Gasteiger charge is -2.36. The smallest absolute Gasteiger partial charge is 0.415 e. The molecule has 0 aromatic carbocycles. The number of anilines is 1. The first kappa shape index (κ1) is 21.3. The van der Waals surface area contributed by atoms with Crippen LogP contribution in [0.15, 0.2) is 12.3 Å². The lowest BCUT2D eigenvalue weighted by atomic mass is 9.89. The molecule has 1 N–H and O–H groups in total. The van der Waals surface area contributed by atoms with Crippen molar-refractivity contribution in [3.63, 3.8) is 0 Å². The van der Waals surface area contributed by atoms with Gasteiger partial charge in [0.25, 0.3) is 5.91 Å². The lowest BCUT2D eigenvalue weighted by Crippen LogP contribution is -2.51. The predicted octanol–water partition coefficient (Wildman–Crippen LogP) is 3.05. The van der Waals surface area contributed by atoms with Crippen LogP contribution in [0.25, 0.3) is 5.65 Å². The number of ether oxygens (including phenoxy) is 2. The zero-order valence-corrected chi connectivity index (χ0v) is 18.0. The summed E-state index contributed by atoms with van der Waals surface area (Å²) in [5, 5.41) is 7.34. The molecule has 0 aliphatic heterocycles. The Labute approximate surface area is 174 Å². The molecule has 9 nitrogen and oxygen atoms in total. The second kappa shape index (κ2) is 8.16. The maximum atomic E-state index is 12.8. The highest BCUT2D eigenvalue weighted by atomic mass is 35.5. The average molecular weight is 424 g/mol. The van der Waals surface area contributed by atoms with Gasteiger partial charge in [0.15, 0.2) is 5.65 Å². The topological polar surface area (TPSA) is 98.1 Å². The van der Waals surface area contributed by atoms with Crippen molar-refractivity contribution in [1.29, 1.82) is 0 Å². The minimum atomic E-state index is -0.656. The van der Waals surface area contributed by atoms with Crippen molar-refractivity contribution in [2.24, 2.45) is 0 Å². The Morgan fingerprint density at radius 3 is 2.69 bits per heavy atom. The Morgan fingerprint density at radius 1 is 1.38 bits per heavy atom. The number of nitrogens with zero attached hydrogens (tertiary/aromatic N) is 4. The summed E-state index contributed by atoms with van der Waals surface area (Å²) in [5.41, 5.74) is -0.128. The molecular formula is C19H26ClN5O4. The first-order valence-corrected chi connectivity index (χ1v) is 9.92. The van der Waals surface area contributed by atoms with Gasteiger partial charge in [-0.2, -0.15) is 9.61 Å². The SMILES string of the molecule is CCO[C@@H]1CCC1NC(=O)c1cnn2c(N(C)C(=O)OC(C)(C)C)cc(Cl)nc12. The normalized spacial score (nSPS) is 19.0.